The van der Waals surface area contributed by atoms with Crippen LogP contribution in [0.5, 0.6) is 0 Å². The lowest BCUT2D eigenvalue weighted by Gasteiger charge is -2.43. The molecule has 0 aromatic carbocycles. The van der Waals surface area contributed by atoms with Gasteiger partial charge in [-0.2, -0.15) is 5.06 Å². The summed E-state index contributed by atoms with van der Waals surface area (Å²) in [4.78, 5) is 23.3. The van der Waals surface area contributed by atoms with E-state index in [4.69, 9.17) is 9.84 Å². The van der Waals surface area contributed by atoms with Gasteiger partial charge in [0.15, 0.2) is 0 Å². The van der Waals surface area contributed by atoms with E-state index < -0.39 is 30.8 Å². The summed E-state index contributed by atoms with van der Waals surface area (Å²) >= 11 is 2.23. The number of rotatable bonds is 11. The van der Waals surface area contributed by atoms with Crippen LogP contribution in [0.25, 0.3) is 0 Å². The van der Waals surface area contributed by atoms with Crippen molar-refractivity contribution >= 4 is 34.5 Å². The molecule has 0 aliphatic heterocycles. The molecule has 2 aliphatic rings. The summed E-state index contributed by atoms with van der Waals surface area (Å²) in [5.74, 6) is -1.43. The minimum atomic E-state index is -1.17. The Morgan fingerprint density at radius 3 is 2.71 bits per heavy atom. The quantitative estimate of drug-likeness (QED) is 0.134. The van der Waals surface area contributed by atoms with Crippen LogP contribution in [0.2, 0.25) is 0 Å². The van der Waals surface area contributed by atoms with Crippen LogP contribution < -0.4 is 0 Å². The van der Waals surface area contributed by atoms with Crippen LogP contribution in [0.4, 0.5) is 0 Å². The highest BCUT2D eigenvalue weighted by Gasteiger charge is 2.42. The number of nitrogens with zero attached hydrogens (tertiary/aromatic N) is 1. The van der Waals surface area contributed by atoms with Gasteiger partial charge in [-0.25, -0.2) is 0 Å². The predicted octanol–water partition coefficient (Wildman–Crippen LogP) is 2.41. The van der Waals surface area contributed by atoms with Gasteiger partial charge < -0.3 is 25.3 Å². The van der Waals surface area contributed by atoms with Crippen molar-refractivity contribution in [1.29, 1.82) is 0 Å². The van der Waals surface area contributed by atoms with Gasteiger partial charge in [-0.1, -0.05) is 54.7 Å². The number of allylic oxidation sites excluding steroid dienone is 2. The first kappa shape index (κ1) is 26.2. The Morgan fingerprint density at radius 2 is 2.06 bits per heavy atom. The van der Waals surface area contributed by atoms with Gasteiger partial charge in [-0.05, 0) is 36.7 Å². The molecule has 2 rings (SSSR count). The standard InChI is InChI=1S/C22H34INO7/c1-13-3-4-15-9-17(26)10-19(31-22(29)14(2)7-8-23)21(15)18(13)6-5-16(25)11-24(30)12-20(27)28/h3-4,9,13-14,16-19,21,25-26,30H,5-8,10-12H2,1-2H3,(H,27,28)/t13-,14-,16?,17+,18-,19-,21-/m0/s1. The Kier molecular flexibility index (Phi) is 10.4. The van der Waals surface area contributed by atoms with Crippen molar-refractivity contribution in [2.24, 2.45) is 23.7 Å². The van der Waals surface area contributed by atoms with E-state index in [-0.39, 0.29) is 36.2 Å². The van der Waals surface area contributed by atoms with Gasteiger partial charge >= 0.3 is 11.9 Å². The van der Waals surface area contributed by atoms with Crippen molar-refractivity contribution in [2.45, 2.75) is 57.8 Å². The molecule has 0 saturated carbocycles. The highest BCUT2D eigenvalue weighted by molar-refractivity contribution is 14.1. The number of carboxylic acid groups (broad SMARTS) is 1. The molecule has 0 bridgehead atoms. The minimum absolute atomic E-state index is 0.0735. The third-order valence-corrected chi connectivity index (χ3v) is 6.78. The maximum Gasteiger partial charge on any atom is 0.320 e. The van der Waals surface area contributed by atoms with E-state index in [1.807, 2.05) is 19.1 Å². The smallest absolute Gasteiger partial charge is 0.320 e. The number of carbonyl (C=O) groups excluding carboxylic acids is 1. The zero-order chi connectivity index (χ0) is 23.1. The number of halogens is 1. The average molecular weight is 551 g/mol. The molecular formula is C22H34INO7. The van der Waals surface area contributed by atoms with Crippen molar-refractivity contribution in [3.8, 4) is 0 Å². The summed E-state index contributed by atoms with van der Waals surface area (Å²) in [6, 6.07) is 0. The lowest BCUT2D eigenvalue weighted by molar-refractivity contribution is -0.160. The van der Waals surface area contributed by atoms with Crippen LogP contribution in [-0.4, -0.2) is 73.4 Å². The van der Waals surface area contributed by atoms with Crippen molar-refractivity contribution in [3.05, 3.63) is 23.8 Å². The number of aliphatic carboxylic acids is 1. The third-order valence-electron chi connectivity index (χ3n) is 6.16. The zero-order valence-corrected chi connectivity index (χ0v) is 20.2. The van der Waals surface area contributed by atoms with E-state index in [0.29, 0.717) is 24.3 Å². The van der Waals surface area contributed by atoms with Crippen LogP contribution in [0.1, 0.15) is 39.5 Å². The number of aliphatic hydroxyl groups is 2. The van der Waals surface area contributed by atoms with Crippen LogP contribution in [-0.2, 0) is 14.3 Å². The Hall–Kier alpha value is -1.01. The van der Waals surface area contributed by atoms with E-state index in [1.54, 1.807) is 0 Å². The molecule has 0 radical (unpaired) electrons. The maximum atomic E-state index is 12.6. The normalized spacial score (nSPS) is 29.8. The van der Waals surface area contributed by atoms with Gasteiger partial charge in [0.2, 0.25) is 0 Å². The number of alkyl halides is 1. The first-order valence-electron chi connectivity index (χ1n) is 10.8. The number of aliphatic hydroxyl groups excluding tert-OH is 2. The number of hydroxylamine groups is 2. The fourth-order valence-electron chi connectivity index (χ4n) is 4.47. The first-order valence-corrected chi connectivity index (χ1v) is 12.3. The molecule has 176 valence electrons. The van der Waals surface area contributed by atoms with E-state index >= 15 is 0 Å². The molecule has 31 heavy (non-hydrogen) atoms. The van der Waals surface area contributed by atoms with Gasteiger partial charge in [0, 0.05) is 16.8 Å². The number of carbonyl (C=O) groups is 2. The predicted molar refractivity (Wildman–Crippen MR) is 123 cm³/mol. The molecule has 0 spiro atoms. The second-order valence-electron chi connectivity index (χ2n) is 8.70. The van der Waals surface area contributed by atoms with Crippen molar-refractivity contribution < 1.29 is 34.9 Å². The zero-order valence-electron chi connectivity index (χ0n) is 18.1. The molecule has 0 fully saturated rings. The van der Waals surface area contributed by atoms with Crippen molar-refractivity contribution in [1.82, 2.24) is 5.06 Å². The Morgan fingerprint density at radius 1 is 1.35 bits per heavy atom. The summed E-state index contributed by atoms with van der Waals surface area (Å²) in [5, 5.41) is 39.5. The lowest BCUT2D eigenvalue weighted by Crippen LogP contribution is -2.43. The van der Waals surface area contributed by atoms with Crippen LogP contribution >= 0.6 is 22.6 Å². The monoisotopic (exact) mass is 551 g/mol. The summed E-state index contributed by atoms with van der Waals surface area (Å²) < 4.78 is 6.75. The number of ether oxygens (including phenoxy) is 1. The van der Waals surface area contributed by atoms with E-state index in [2.05, 4.69) is 35.6 Å². The van der Waals surface area contributed by atoms with Gasteiger partial charge in [0.05, 0.1) is 24.7 Å². The van der Waals surface area contributed by atoms with Crippen LogP contribution in [0, 0.1) is 23.7 Å². The number of fused-ring (bicyclic) bond motifs is 1. The molecule has 0 heterocycles. The summed E-state index contributed by atoms with van der Waals surface area (Å²) in [5.41, 5.74) is 0.949. The second-order valence-corrected chi connectivity index (χ2v) is 9.78. The summed E-state index contributed by atoms with van der Waals surface area (Å²) in [6.45, 7) is 3.23. The fourth-order valence-corrected chi connectivity index (χ4v) is 5.41. The molecule has 0 saturated heterocycles. The van der Waals surface area contributed by atoms with Crippen molar-refractivity contribution in [3.63, 3.8) is 0 Å². The Labute approximate surface area is 197 Å². The molecule has 9 heteroatoms. The molecule has 0 aromatic heterocycles. The van der Waals surface area contributed by atoms with Gasteiger partial charge in [-0.15, -0.1) is 0 Å². The first-order chi connectivity index (χ1) is 14.6. The molecule has 0 aromatic rings. The summed E-state index contributed by atoms with van der Waals surface area (Å²) in [7, 11) is 0. The largest absolute Gasteiger partial charge is 0.480 e. The molecule has 1 unspecified atom stereocenters. The molecule has 0 amide bonds. The van der Waals surface area contributed by atoms with E-state index in [1.165, 1.54) is 0 Å². The second kappa shape index (κ2) is 12.3. The number of hydrogen-bond acceptors (Lipinski definition) is 7. The molecular weight excluding hydrogens is 517 g/mol. The average Bonchev–Trinajstić information content (AvgIpc) is 2.66. The fraction of sp³-hybridized carbons (Fsp3) is 0.727. The van der Waals surface area contributed by atoms with Crippen LogP contribution in [0.3, 0.4) is 0 Å². The topological polar surface area (TPSA) is 128 Å². The van der Waals surface area contributed by atoms with E-state index in [9.17, 15) is 25.0 Å². The number of carboxylic acids is 1. The lowest BCUT2D eigenvalue weighted by atomic mass is 9.66. The highest BCUT2D eigenvalue weighted by atomic mass is 127. The highest BCUT2D eigenvalue weighted by Crippen LogP contribution is 2.44. The van der Waals surface area contributed by atoms with E-state index in [0.717, 1.165) is 16.4 Å². The van der Waals surface area contributed by atoms with Gasteiger partial charge in [-0.3, -0.25) is 9.59 Å². The minimum Gasteiger partial charge on any atom is -0.480 e. The Balaban J connectivity index is 2.09. The SMILES string of the molecule is C[C@@H](CCI)C(=O)O[C@H]1C[C@H](O)C=C2C=C[C@H](C)[C@H](CCC(O)CN(O)CC(=O)O)[C@H]21. The van der Waals surface area contributed by atoms with Gasteiger partial charge in [0.1, 0.15) is 12.6 Å². The van der Waals surface area contributed by atoms with Crippen molar-refractivity contribution in [2.75, 3.05) is 17.5 Å². The molecule has 4 N–H and O–H groups in total. The third kappa shape index (κ3) is 7.81. The van der Waals surface area contributed by atoms with Gasteiger partial charge in [0.25, 0.3) is 0 Å². The van der Waals surface area contributed by atoms with Crippen LogP contribution in [0.15, 0.2) is 23.8 Å². The number of hydrogen-bond donors (Lipinski definition) is 4. The Bertz CT molecular complexity index is 683. The molecule has 8 nitrogen and oxygen atoms in total. The summed E-state index contributed by atoms with van der Waals surface area (Å²) in [6.07, 6.45) is 5.95. The number of esters is 1. The molecule has 7 atom stereocenters. The maximum absolute atomic E-state index is 12.6. The molecule has 2 aliphatic carbocycles.